The highest BCUT2D eigenvalue weighted by atomic mass is 16.5. The molecule has 1 aliphatic heterocycles. The van der Waals surface area contributed by atoms with Gasteiger partial charge >= 0.3 is 0 Å². The van der Waals surface area contributed by atoms with Crippen molar-refractivity contribution >= 4 is 5.82 Å². The van der Waals surface area contributed by atoms with E-state index in [1.54, 1.807) is 17.1 Å². The van der Waals surface area contributed by atoms with Gasteiger partial charge in [-0.3, -0.25) is 0 Å². The summed E-state index contributed by atoms with van der Waals surface area (Å²) in [4.78, 5) is 10.9. The Kier molecular flexibility index (Phi) is 2.71. The van der Waals surface area contributed by atoms with Crippen LogP contribution in [0.15, 0.2) is 30.7 Å². The summed E-state index contributed by atoms with van der Waals surface area (Å²) in [5, 5.41) is 4.12. The van der Waals surface area contributed by atoms with Gasteiger partial charge in [0.15, 0.2) is 0 Å². The van der Waals surface area contributed by atoms with Crippen molar-refractivity contribution in [3.63, 3.8) is 0 Å². The Labute approximate surface area is 98.9 Å². The number of hydrogen-bond acceptors (Lipinski definition) is 5. The molecule has 1 fully saturated rings. The van der Waals surface area contributed by atoms with Crippen molar-refractivity contribution in [2.45, 2.75) is 0 Å². The van der Waals surface area contributed by atoms with Crippen LogP contribution in [0.1, 0.15) is 0 Å². The molecule has 0 radical (unpaired) electrons. The highest BCUT2D eigenvalue weighted by Gasteiger charge is 2.13. The second-order valence-electron chi connectivity index (χ2n) is 3.76. The fourth-order valence-corrected chi connectivity index (χ4v) is 1.81. The smallest absolute Gasteiger partial charge is 0.252 e. The van der Waals surface area contributed by atoms with Crippen molar-refractivity contribution < 1.29 is 4.74 Å². The molecular formula is C11H13N5O. The van der Waals surface area contributed by atoms with Gasteiger partial charge < -0.3 is 9.64 Å². The van der Waals surface area contributed by atoms with Gasteiger partial charge in [-0.2, -0.15) is 10.1 Å². The second-order valence-corrected chi connectivity index (χ2v) is 3.76. The van der Waals surface area contributed by atoms with Crippen LogP contribution in [0, 0.1) is 0 Å². The van der Waals surface area contributed by atoms with E-state index >= 15 is 0 Å². The quantitative estimate of drug-likeness (QED) is 0.753. The van der Waals surface area contributed by atoms with Gasteiger partial charge in [-0.1, -0.05) is 0 Å². The number of morpholine rings is 1. The molecule has 2 aromatic rings. The first-order valence-corrected chi connectivity index (χ1v) is 5.59. The van der Waals surface area contributed by atoms with Crippen molar-refractivity contribution in [1.82, 2.24) is 19.7 Å². The molecule has 6 heteroatoms. The summed E-state index contributed by atoms with van der Waals surface area (Å²) >= 11 is 0. The Hall–Kier alpha value is -1.95. The third-order valence-corrected chi connectivity index (χ3v) is 2.67. The number of ether oxygens (including phenoxy) is 1. The van der Waals surface area contributed by atoms with Crippen molar-refractivity contribution in [3.8, 4) is 5.95 Å². The third kappa shape index (κ3) is 2.12. The first kappa shape index (κ1) is 10.2. The van der Waals surface area contributed by atoms with Gasteiger partial charge in [0.25, 0.3) is 5.95 Å². The van der Waals surface area contributed by atoms with Gasteiger partial charge in [-0.15, -0.1) is 0 Å². The van der Waals surface area contributed by atoms with Crippen molar-refractivity contribution in [1.29, 1.82) is 0 Å². The fourth-order valence-electron chi connectivity index (χ4n) is 1.81. The molecule has 1 saturated heterocycles. The van der Waals surface area contributed by atoms with Crippen LogP contribution in [0.3, 0.4) is 0 Å². The molecule has 1 aliphatic rings. The zero-order chi connectivity index (χ0) is 11.5. The third-order valence-electron chi connectivity index (χ3n) is 2.67. The van der Waals surface area contributed by atoms with Gasteiger partial charge in [0.05, 0.1) is 13.2 Å². The zero-order valence-electron chi connectivity index (χ0n) is 9.36. The summed E-state index contributed by atoms with van der Waals surface area (Å²) in [7, 11) is 0. The topological polar surface area (TPSA) is 56.1 Å². The van der Waals surface area contributed by atoms with Gasteiger partial charge in [-0.05, 0) is 12.1 Å². The van der Waals surface area contributed by atoms with E-state index in [4.69, 9.17) is 4.74 Å². The predicted molar refractivity (Wildman–Crippen MR) is 62.2 cm³/mol. The molecule has 0 saturated carbocycles. The molecule has 0 unspecified atom stereocenters. The summed E-state index contributed by atoms with van der Waals surface area (Å²) in [6.45, 7) is 3.24. The molecule has 3 rings (SSSR count). The minimum atomic E-state index is 0.596. The van der Waals surface area contributed by atoms with Crippen LogP contribution in [-0.2, 0) is 4.74 Å². The number of rotatable bonds is 2. The molecule has 0 aromatic carbocycles. The highest BCUT2D eigenvalue weighted by molar-refractivity contribution is 5.39. The van der Waals surface area contributed by atoms with E-state index in [9.17, 15) is 0 Å². The maximum absolute atomic E-state index is 5.32. The number of hydrogen-bond donors (Lipinski definition) is 0. The van der Waals surface area contributed by atoms with E-state index in [0.717, 1.165) is 32.1 Å². The number of nitrogens with zero attached hydrogens (tertiary/aromatic N) is 5. The van der Waals surface area contributed by atoms with Crippen LogP contribution in [0.25, 0.3) is 5.95 Å². The summed E-state index contributed by atoms with van der Waals surface area (Å²) in [5.41, 5.74) is 0. The maximum Gasteiger partial charge on any atom is 0.252 e. The molecule has 17 heavy (non-hydrogen) atoms. The highest BCUT2D eigenvalue weighted by Crippen LogP contribution is 2.12. The van der Waals surface area contributed by atoms with Gasteiger partial charge in [-0.25, -0.2) is 9.67 Å². The fraction of sp³-hybridized carbons (Fsp3) is 0.364. The second kappa shape index (κ2) is 4.50. The van der Waals surface area contributed by atoms with E-state index in [2.05, 4.69) is 20.0 Å². The SMILES string of the molecule is c1cnn(-c2nccc(N3CCOCC3)n2)c1. The number of anilines is 1. The first-order chi connectivity index (χ1) is 8.43. The average molecular weight is 231 g/mol. The van der Waals surface area contributed by atoms with E-state index in [1.807, 2.05) is 18.3 Å². The van der Waals surface area contributed by atoms with Gasteiger partial charge in [0, 0.05) is 31.7 Å². The lowest BCUT2D eigenvalue weighted by Gasteiger charge is -2.27. The summed E-state index contributed by atoms with van der Waals surface area (Å²) in [5.74, 6) is 1.52. The first-order valence-electron chi connectivity index (χ1n) is 5.59. The normalized spacial score (nSPS) is 16.1. The van der Waals surface area contributed by atoms with Crippen LogP contribution < -0.4 is 4.90 Å². The maximum atomic E-state index is 5.32. The van der Waals surface area contributed by atoms with Crippen molar-refractivity contribution in [2.24, 2.45) is 0 Å². The lowest BCUT2D eigenvalue weighted by atomic mass is 10.4. The Balaban J connectivity index is 1.88. The standard InChI is InChI=1S/C11H13N5O/c1-3-13-16(5-1)11-12-4-2-10(14-11)15-6-8-17-9-7-15/h1-5H,6-9H2. The molecule has 0 spiro atoms. The largest absolute Gasteiger partial charge is 0.378 e. The molecule has 3 heterocycles. The Morgan fingerprint density at radius 1 is 1.18 bits per heavy atom. The van der Waals surface area contributed by atoms with E-state index < -0.39 is 0 Å². The minimum absolute atomic E-state index is 0.596. The molecule has 0 atom stereocenters. The van der Waals surface area contributed by atoms with E-state index in [-0.39, 0.29) is 0 Å². The van der Waals surface area contributed by atoms with Crippen LogP contribution in [0.4, 0.5) is 5.82 Å². The Bertz CT molecular complexity index is 478. The van der Waals surface area contributed by atoms with E-state index in [1.165, 1.54) is 0 Å². The monoisotopic (exact) mass is 231 g/mol. The summed E-state index contributed by atoms with van der Waals surface area (Å²) in [6, 6.07) is 3.77. The summed E-state index contributed by atoms with van der Waals surface area (Å²) in [6.07, 6.45) is 5.30. The molecular weight excluding hydrogens is 218 g/mol. The van der Waals surface area contributed by atoms with Crippen LogP contribution in [0.2, 0.25) is 0 Å². The molecule has 6 nitrogen and oxygen atoms in total. The van der Waals surface area contributed by atoms with Gasteiger partial charge in [0.1, 0.15) is 5.82 Å². The van der Waals surface area contributed by atoms with Crippen molar-refractivity contribution in [2.75, 3.05) is 31.2 Å². The summed E-state index contributed by atoms with van der Waals surface area (Å²) < 4.78 is 6.98. The van der Waals surface area contributed by atoms with Crippen LogP contribution >= 0.6 is 0 Å². The molecule has 2 aromatic heterocycles. The number of aromatic nitrogens is 4. The van der Waals surface area contributed by atoms with Gasteiger partial charge in [0.2, 0.25) is 0 Å². The molecule has 88 valence electrons. The lowest BCUT2D eigenvalue weighted by Crippen LogP contribution is -2.36. The molecule has 0 N–H and O–H groups in total. The zero-order valence-corrected chi connectivity index (χ0v) is 9.36. The average Bonchev–Trinajstić information content (AvgIpc) is 2.94. The minimum Gasteiger partial charge on any atom is -0.378 e. The molecule has 0 aliphatic carbocycles. The predicted octanol–water partition coefficient (Wildman–Crippen LogP) is 0.499. The van der Waals surface area contributed by atoms with Crippen molar-refractivity contribution in [3.05, 3.63) is 30.7 Å². The Morgan fingerprint density at radius 2 is 2.06 bits per heavy atom. The lowest BCUT2D eigenvalue weighted by molar-refractivity contribution is 0.122. The Morgan fingerprint density at radius 3 is 2.82 bits per heavy atom. The molecule has 0 amide bonds. The van der Waals surface area contributed by atoms with Crippen LogP contribution in [-0.4, -0.2) is 46.1 Å². The van der Waals surface area contributed by atoms with E-state index in [0.29, 0.717) is 5.95 Å². The van der Waals surface area contributed by atoms with Crippen LogP contribution in [0.5, 0.6) is 0 Å². The molecule has 0 bridgehead atoms.